The Balaban J connectivity index is 1.45. The Bertz CT molecular complexity index is 1040. The summed E-state index contributed by atoms with van der Waals surface area (Å²) >= 11 is 0. The molecule has 0 aromatic heterocycles. The highest BCUT2D eigenvalue weighted by Gasteiger charge is 2.37. The summed E-state index contributed by atoms with van der Waals surface area (Å²) in [7, 11) is 0. The molecule has 0 spiro atoms. The molecule has 0 fully saturated rings. The van der Waals surface area contributed by atoms with E-state index in [1.807, 2.05) is 12.1 Å². The summed E-state index contributed by atoms with van der Waals surface area (Å²) in [6.45, 7) is 5.12. The molecule has 5 nitrogen and oxygen atoms in total. The molecule has 1 aliphatic carbocycles. The van der Waals surface area contributed by atoms with Gasteiger partial charge in [0.1, 0.15) is 19.1 Å². The van der Waals surface area contributed by atoms with E-state index >= 15 is 0 Å². The largest absolute Gasteiger partial charge is 0.493 e. The number of benzene rings is 2. The predicted molar refractivity (Wildman–Crippen MR) is 129 cm³/mol. The molecule has 2 aliphatic rings. The summed E-state index contributed by atoms with van der Waals surface area (Å²) < 4.78 is 11.9. The summed E-state index contributed by atoms with van der Waals surface area (Å²) in [6, 6.07) is 15.8. The van der Waals surface area contributed by atoms with E-state index < -0.39 is 11.6 Å². The molecule has 33 heavy (non-hydrogen) atoms. The molecule has 0 bridgehead atoms. The minimum atomic E-state index is -0.897. The zero-order valence-corrected chi connectivity index (χ0v) is 19.1. The minimum Gasteiger partial charge on any atom is -0.493 e. The van der Waals surface area contributed by atoms with Crippen LogP contribution in [0.3, 0.4) is 0 Å². The molecule has 1 N–H and O–H groups in total. The number of carboxylic acid groups (broad SMARTS) is 1. The van der Waals surface area contributed by atoms with E-state index in [2.05, 4.69) is 54.3 Å². The van der Waals surface area contributed by atoms with Crippen molar-refractivity contribution in [3.8, 4) is 0 Å². The van der Waals surface area contributed by atoms with Gasteiger partial charge in [-0.15, -0.1) is 0 Å². The Hall–Kier alpha value is -3.31. The Morgan fingerprint density at radius 1 is 1.03 bits per heavy atom. The Morgan fingerprint density at radius 3 is 2.27 bits per heavy atom. The first kappa shape index (κ1) is 22.9. The molecule has 2 aromatic rings. The number of carboxylic acids is 1. The van der Waals surface area contributed by atoms with Crippen LogP contribution in [0.25, 0.3) is 0 Å². The van der Waals surface area contributed by atoms with Crippen molar-refractivity contribution in [1.29, 1.82) is 0 Å². The summed E-state index contributed by atoms with van der Waals surface area (Å²) in [4.78, 5) is 13.4. The van der Waals surface area contributed by atoms with Gasteiger partial charge >= 0.3 is 5.97 Å². The van der Waals surface area contributed by atoms with E-state index in [-0.39, 0.29) is 0 Å². The van der Waals surface area contributed by atoms with Gasteiger partial charge in [-0.05, 0) is 48.2 Å². The second-order valence-electron chi connectivity index (χ2n) is 8.67. The van der Waals surface area contributed by atoms with Crippen LogP contribution in [-0.4, -0.2) is 29.1 Å². The van der Waals surface area contributed by atoms with Gasteiger partial charge in [0.05, 0.1) is 5.56 Å². The molecular formula is C28H31NO4. The lowest BCUT2D eigenvalue weighted by atomic mass is 9.84. The SMILES string of the molecule is CCN(Cc1ccc(C(=O)O)cc1)Cc1ccc(C2(CC3=CC=CCC3)COC=CO2)cc1. The van der Waals surface area contributed by atoms with Gasteiger partial charge in [-0.1, -0.05) is 67.1 Å². The van der Waals surface area contributed by atoms with Crippen molar-refractivity contribution in [2.45, 2.75) is 44.9 Å². The normalized spacial score (nSPS) is 19.6. The van der Waals surface area contributed by atoms with Crippen molar-refractivity contribution in [2.75, 3.05) is 13.2 Å². The average Bonchev–Trinajstić information content (AvgIpc) is 2.85. The first-order valence-electron chi connectivity index (χ1n) is 11.5. The van der Waals surface area contributed by atoms with Crippen LogP contribution >= 0.6 is 0 Å². The fourth-order valence-electron chi connectivity index (χ4n) is 4.39. The van der Waals surface area contributed by atoms with Gasteiger partial charge in [-0.2, -0.15) is 0 Å². The highest BCUT2D eigenvalue weighted by atomic mass is 16.6. The molecule has 1 atom stereocenters. The molecule has 1 heterocycles. The van der Waals surface area contributed by atoms with Gasteiger partial charge in [-0.25, -0.2) is 4.79 Å². The lowest BCUT2D eigenvalue weighted by molar-refractivity contribution is -0.0636. The summed E-state index contributed by atoms with van der Waals surface area (Å²) in [5.41, 5.74) is 4.65. The van der Waals surface area contributed by atoms with Crippen molar-refractivity contribution < 1.29 is 19.4 Å². The van der Waals surface area contributed by atoms with Crippen LogP contribution in [0.15, 0.2) is 84.9 Å². The molecule has 4 rings (SSSR count). The lowest BCUT2D eigenvalue weighted by Crippen LogP contribution is -2.36. The second-order valence-corrected chi connectivity index (χ2v) is 8.67. The summed E-state index contributed by atoms with van der Waals surface area (Å²) in [5.74, 6) is -0.897. The standard InChI is InChI=1S/C28H31NO4/c1-2-29(19-23-8-12-25(13-9-23)27(30)31)20-24-10-14-26(15-11-24)28(21-32-16-17-33-28)18-22-6-4-3-5-7-22/h3-4,6,8-17H,2,5,7,18-21H2,1H3,(H,30,31). The number of hydrogen-bond acceptors (Lipinski definition) is 4. The molecule has 1 unspecified atom stereocenters. The number of aromatic carboxylic acids is 1. The van der Waals surface area contributed by atoms with Gasteiger partial charge in [-0.3, -0.25) is 4.90 Å². The number of nitrogens with zero attached hydrogens (tertiary/aromatic N) is 1. The number of hydrogen-bond donors (Lipinski definition) is 1. The van der Waals surface area contributed by atoms with E-state index in [1.54, 1.807) is 24.7 Å². The maximum Gasteiger partial charge on any atom is 0.335 e. The van der Waals surface area contributed by atoms with Crippen LogP contribution in [-0.2, 0) is 28.2 Å². The first-order valence-corrected chi connectivity index (χ1v) is 11.5. The smallest absolute Gasteiger partial charge is 0.335 e. The topological polar surface area (TPSA) is 59.0 Å². The van der Waals surface area contributed by atoms with Crippen molar-refractivity contribution in [2.24, 2.45) is 0 Å². The van der Waals surface area contributed by atoms with Gasteiger partial charge in [0, 0.05) is 19.5 Å². The molecule has 0 radical (unpaired) electrons. The fourth-order valence-corrected chi connectivity index (χ4v) is 4.39. The van der Waals surface area contributed by atoms with Crippen LogP contribution in [0.5, 0.6) is 0 Å². The minimum absolute atomic E-state index is 0.315. The monoisotopic (exact) mass is 445 g/mol. The first-order chi connectivity index (χ1) is 16.1. The lowest BCUT2D eigenvalue weighted by Gasteiger charge is -2.36. The van der Waals surface area contributed by atoms with Gasteiger partial charge in [0.15, 0.2) is 5.60 Å². The second kappa shape index (κ2) is 10.5. The van der Waals surface area contributed by atoms with Crippen molar-refractivity contribution in [1.82, 2.24) is 4.90 Å². The molecule has 1 aliphatic heterocycles. The third-order valence-corrected chi connectivity index (χ3v) is 6.32. The highest BCUT2D eigenvalue weighted by molar-refractivity contribution is 5.87. The number of carbonyl (C=O) groups is 1. The third kappa shape index (κ3) is 5.74. The highest BCUT2D eigenvalue weighted by Crippen LogP contribution is 2.37. The van der Waals surface area contributed by atoms with E-state index in [4.69, 9.17) is 14.6 Å². The number of allylic oxidation sites excluding steroid dienone is 3. The number of rotatable bonds is 9. The van der Waals surface area contributed by atoms with Crippen molar-refractivity contribution in [3.63, 3.8) is 0 Å². The van der Waals surface area contributed by atoms with Gasteiger partial charge in [0.2, 0.25) is 0 Å². The Kier molecular flexibility index (Phi) is 7.30. The maximum absolute atomic E-state index is 11.1. The van der Waals surface area contributed by atoms with E-state index in [1.165, 1.54) is 11.1 Å². The zero-order valence-electron chi connectivity index (χ0n) is 19.1. The maximum atomic E-state index is 11.1. The van der Waals surface area contributed by atoms with Gasteiger partial charge < -0.3 is 14.6 Å². The van der Waals surface area contributed by atoms with Crippen LogP contribution < -0.4 is 0 Å². The third-order valence-electron chi connectivity index (χ3n) is 6.32. The van der Waals surface area contributed by atoms with Gasteiger partial charge in [0.25, 0.3) is 0 Å². The van der Waals surface area contributed by atoms with Crippen LogP contribution in [0, 0.1) is 0 Å². The molecular weight excluding hydrogens is 414 g/mol. The van der Waals surface area contributed by atoms with E-state index in [0.717, 1.165) is 50.0 Å². The number of ether oxygens (including phenoxy) is 2. The Labute approximate surface area is 195 Å². The summed E-state index contributed by atoms with van der Waals surface area (Å²) in [6.07, 6.45) is 12.7. The van der Waals surface area contributed by atoms with Crippen LogP contribution in [0.4, 0.5) is 0 Å². The van der Waals surface area contributed by atoms with Crippen LogP contribution in [0.1, 0.15) is 53.2 Å². The summed E-state index contributed by atoms with van der Waals surface area (Å²) in [5, 5.41) is 9.09. The molecule has 0 saturated carbocycles. The molecule has 0 saturated heterocycles. The quantitative estimate of drug-likeness (QED) is 0.530. The van der Waals surface area contributed by atoms with Crippen molar-refractivity contribution in [3.05, 3.63) is 107 Å². The van der Waals surface area contributed by atoms with Crippen LogP contribution in [0.2, 0.25) is 0 Å². The van der Waals surface area contributed by atoms with E-state index in [0.29, 0.717) is 12.2 Å². The molecule has 0 amide bonds. The fraction of sp³-hybridized carbons (Fsp3) is 0.321. The zero-order chi connectivity index (χ0) is 23.1. The molecule has 2 aromatic carbocycles. The Morgan fingerprint density at radius 2 is 1.73 bits per heavy atom. The predicted octanol–water partition coefficient (Wildman–Crippen LogP) is 5.79. The van der Waals surface area contributed by atoms with E-state index in [9.17, 15) is 4.79 Å². The van der Waals surface area contributed by atoms with Crippen molar-refractivity contribution >= 4 is 5.97 Å². The molecule has 5 heteroatoms. The average molecular weight is 446 g/mol. The molecule has 172 valence electrons.